The standard InChI is InChI=1S/C28H26N3/c1-17-12-13-21-20-10-6-7-11-23(20)31-24-15-19(18-8-4-3-5-9-18)14-22-26(24)28(25(17)27(21)31)30(2)16-29-22/h6-7,10-16,18H,3-5,8-9H2,1-2H3/q+1. The first-order valence-electron chi connectivity index (χ1n) is 11.6. The largest absolute Gasteiger partial charge is 0.308 e. The zero-order chi connectivity index (χ0) is 20.7. The van der Waals surface area contributed by atoms with Crippen LogP contribution in [0.5, 0.6) is 0 Å². The molecular formula is C28H26N3+. The summed E-state index contributed by atoms with van der Waals surface area (Å²) in [7, 11) is 2.14. The molecule has 0 amide bonds. The third-order valence-corrected chi connectivity index (χ3v) is 7.68. The molecule has 0 bridgehead atoms. The average Bonchev–Trinajstić information content (AvgIpc) is 3.15. The van der Waals surface area contributed by atoms with Gasteiger partial charge in [0, 0.05) is 16.2 Å². The summed E-state index contributed by atoms with van der Waals surface area (Å²) in [5.41, 5.74) is 9.17. The number of nitrogens with zero attached hydrogens (tertiary/aromatic N) is 3. The van der Waals surface area contributed by atoms with Gasteiger partial charge in [-0.1, -0.05) is 49.6 Å². The number of aromatic nitrogens is 3. The van der Waals surface area contributed by atoms with Crippen LogP contribution in [-0.2, 0) is 7.05 Å². The maximum absolute atomic E-state index is 4.92. The molecule has 3 heterocycles. The van der Waals surface area contributed by atoms with Gasteiger partial charge in [0.25, 0.3) is 6.33 Å². The molecule has 0 unspecified atom stereocenters. The van der Waals surface area contributed by atoms with Crippen LogP contribution in [0.2, 0.25) is 0 Å². The Kier molecular flexibility index (Phi) is 3.47. The Bertz CT molecular complexity index is 1630. The maximum Gasteiger partial charge on any atom is 0.287 e. The third-order valence-electron chi connectivity index (χ3n) is 7.68. The number of hydrogen-bond donors (Lipinski definition) is 0. The number of aryl methyl sites for hydroxylation is 2. The zero-order valence-electron chi connectivity index (χ0n) is 18.2. The first-order valence-corrected chi connectivity index (χ1v) is 11.6. The summed E-state index contributed by atoms with van der Waals surface area (Å²) in [6, 6.07) is 18.3. The highest BCUT2D eigenvalue weighted by Gasteiger charge is 2.25. The average molecular weight is 405 g/mol. The van der Waals surface area contributed by atoms with Crippen LogP contribution in [0.15, 0.2) is 54.9 Å². The van der Waals surface area contributed by atoms with Crippen molar-refractivity contribution in [2.45, 2.75) is 44.9 Å². The SMILES string of the molecule is Cc1ccc2c3ccccc3n3c4cc(C5CCCCC5)cc5nc[n+](C)c(c1c23)c54. The highest BCUT2D eigenvalue weighted by atomic mass is 15.0. The number of benzene rings is 3. The molecule has 3 aromatic heterocycles. The number of hydrogen-bond acceptors (Lipinski definition) is 1. The minimum absolute atomic E-state index is 0.657. The fraction of sp³-hybridized carbons (Fsp3) is 0.286. The van der Waals surface area contributed by atoms with Crippen LogP contribution in [0.1, 0.15) is 49.1 Å². The van der Waals surface area contributed by atoms with Gasteiger partial charge < -0.3 is 4.40 Å². The number of rotatable bonds is 1. The van der Waals surface area contributed by atoms with Crippen LogP contribution in [0.4, 0.5) is 0 Å². The second-order valence-electron chi connectivity index (χ2n) is 9.48. The van der Waals surface area contributed by atoms with Gasteiger partial charge in [-0.25, -0.2) is 4.57 Å². The smallest absolute Gasteiger partial charge is 0.287 e. The van der Waals surface area contributed by atoms with Crippen molar-refractivity contribution in [3.05, 3.63) is 66.0 Å². The highest BCUT2D eigenvalue weighted by Crippen LogP contribution is 2.42. The van der Waals surface area contributed by atoms with Crippen molar-refractivity contribution in [2.24, 2.45) is 7.05 Å². The Morgan fingerprint density at radius 1 is 0.903 bits per heavy atom. The molecule has 6 aromatic rings. The van der Waals surface area contributed by atoms with E-state index in [-0.39, 0.29) is 0 Å². The molecule has 31 heavy (non-hydrogen) atoms. The number of pyridine rings is 1. The van der Waals surface area contributed by atoms with E-state index in [4.69, 9.17) is 4.98 Å². The van der Waals surface area contributed by atoms with Crippen LogP contribution < -0.4 is 4.57 Å². The Labute approximate surface area is 181 Å². The fourth-order valence-electron chi connectivity index (χ4n) is 6.22. The van der Waals surface area contributed by atoms with E-state index < -0.39 is 0 Å². The summed E-state index contributed by atoms with van der Waals surface area (Å²) in [5.74, 6) is 0.657. The summed E-state index contributed by atoms with van der Waals surface area (Å²) in [5, 5.41) is 5.31. The quantitative estimate of drug-likeness (QED) is 0.173. The van der Waals surface area contributed by atoms with Gasteiger partial charge in [0.2, 0.25) is 0 Å². The predicted molar refractivity (Wildman–Crippen MR) is 128 cm³/mol. The molecule has 0 saturated heterocycles. The van der Waals surface area contributed by atoms with Gasteiger partial charge in [-0.3, -0.25) is 0 Å². The van der Waals surface area contributed by atoms with Crippen LogP contribution in [-0.4, -0.2) is 9.38 Å². The molecule has 0 N–H and O–H groups in total. The second-order valence-corrected chi connectivity index (χ2v) is 9.48. The van der Waals surface area contributed by atoms with E-state index >= 15 is 0 Å². The van der Waals surface area contributed by atoms with Crippen LogP contribution in [0.25, 0.3) is 49.1 Å². The van der Waals surface area contributed by atoms with Crippen LogP contribution >= 0.6 is 0 Å². The van der Waals surface area contributed by atoms with Crippen molar-refractivity contribution < 1.29 is 4.57 Å². The summed E-state index contributed by atoms with van der Waals surface area (Å²) in [6.45, 7) is 2.24. The Balaban J connectivity index is 1.78. The lowest BCUT2D eigenvalue weighted by Crippen LogP contribution is -2.30. The van der Waals surface area contributed by atoms with E-state index in [2.05, 4.69) is 71.5 Å². The van der Waals surface area contributed by atoms with Gasteiger partial charge in [-0.15, -0.1) is 0 Å². The first kappa shape index (κ1) is 17.5. The molecule has 3 heteroatoms. The van der Waals surface area contributed by atoms with Crippen molar-refractivity contribution in [3.63, 3.8) is 0 Å². The molecule has 1 fully saturated rings. The monoisotopic (exact) mass is 404 g/mol. The highest BCUT2D eigenvalue weighted by molar-refractivity contribution is 6.25. The van der Waals surface area contributed by atoms with Crippen molar-refractivity contribution in [3.8, 4) is 0 Å². The van der Waals surface area contributed by atoms with Gasteiger partial charge in [-0.05, 0) is 60.0 Å². The van der Waals surface area contributed by atoms with Crippen molar-refractivity contribution in [2.75, 3.05) is 0 Å². The first-order chi connectivity index (χ1) is 15.2. The normalized spacial score (nSPS) is 15.9. The predicted octanol–water partition coefficient (Wildman–Crippen LogP) is 6.57. The van der Waals surface area contributed by atoms with Crippen molar-refractivity contribution in [1.82, 2.24) is 9.38 Å². The van der Waals surface area contributed by atoms with Crippen LogP contribution in [0, 0.1) is 6.92 Å². The fourth-order valence-corrected chi connectivity index (χ4v) is 6.22. The molecule has 3 aromatic carbocycles. The topological polar surface area (TPSA) is 21.2 Å². The summed E-state index contributed by atoms with van der Waals surface area (Å²) in [4.78, 5) is 4.92. The molecule has 152 valence electrons. The molecular weight excluding hydrogens is 378 g/mol. The number of fused-ring (bicyclic) bond motifs is 5. The van der Waals surface area contributed by atoms with Crippen molar-refractivity contribution >= 4 is 49.1 Å². The second kappa shape index (κ2) is 6.16. The molecule has 1 aliphatic carbocycles. The van der Waals surface area contributed by atoms with E-state index in [0.717, 1.165) is 5.52 Å². The van der Waals surface area contributed by atoms with Gasteiger partial charge in [0.05, 0.1) is 29.0 Å². The van der Waals surface area contributed by atoms with Gasteiger partial charge in [-0.2, -0.15) is 0 Å². The molecule has 0 radical (unpaired) electrons. The molecule has 7 rings (SSSR count). The third kappa shape index (κ3) is 2.24. The molecule has 1 saturated carbocycles. The molecule has 0 aliphatic heterocycles. The van der Waals surface area contributed by atoms with E-state index in [1.54, 1.807) is 0 Å². The van der Waals surface area contributed by atoms with Gasteiger partial charge >= 0.3 is 0 Å². The Hall–Kier alpha value is -3.20. The maximum atomic E-state index is 4.92. The summed E-state index contributed by atoms with van der Waals surface area (Å²) in [6.07, 6.45) is 8.68. The summed E-state index contributed by atoms with van der Waals surface area (Å²) >= 11 is 0. The van der Waals surface area contributed by atoms with E-state index in [0.29, 0.717) is 5.92 Å². The molecule has 3 nitrogen and oxygen atoms in total. The number of para-hydroxylation sites is 1. The molecule has 0 spiro atoms. The van der Waals surface area contributed by atoms with E-state index in [1.807, 2.05) is 6.33 Å². The lowest BCUT2D eigenvalue weighted by Gasteiger charge is -2.22. The lowest BCUT2D eigenvalue weighted by molar-refractivity contribution is -0.646. The minimum Gasteiger partial charge on any atom is -0.308 e. The van der Waals surface area contributed by atoms with Gasteiger partial charge in [0.1, 0.15) is 5.52 Å². The molecule has 1 aliphatic rings. The Morgan fingerprint density at radius 2 is 1.74 bits per heavy atom. The molecule has 0 atom stereocenters. The minimum atomic E-state index is 0.657. The zero-order valence-corrected chi connectivity index (χ0v) is 18.2. The van der Waals surface area contributed by atoms with Gasteiger partial charge in [0.15, 0.2) is 5.52 Å². The van der Waals surface area contributed by atoms with Crippen molar-refractivity contribution in [1.29, 1.82) is 0 Å². The van der Waals surface area contributed by atoms with Crippen LogP contribution in [0.3, 0.4) is 0 Å². The summed E-state index contributed by atoms with van der Waals surface area (Å²) < 4.78 is 4.74. The Morgan fingerprint density at radius 3 is 2.61 bits per heavy atom. The van der Waals surface area contributed by atoms with E-state index in [1.165, 1.54) is 86.8 Å². The lowest BCUT2D eigenvalue weighted by atomic mass is 9.83. The van der Waals surface area contributed by atoms with E-state index in [9.17, 15) is 0 Å².